The van der Waals surface area contributed by atoms with Crippen LogP contribution in [-0.2, 0) is 14.3 Å². The van der Waals surface area contributed by atoms with Crippen LogP contribution in [-0.4, -0.2) is 35.3 Å². The van der Waals surface area contributed by atoms with Gasteiger partial charge in [-0.25, -0.2) is 4.98 Å². The van der Waals surface area contributed by atoms with Crippen LogP contribution in [0.25, 0.3) is 10.9 Å². The Balaban J connectivity index is 1.22. The number of pyridine rings is 1. The van der Waals surface area contributed by atoms with Crippen LogP contribution in [0.4, 0.5) is 19.0 Å². The molecule has 0 atom stereocenters. The van der Waals surface area contributed by atoms with Gasteiger partial charge in [0.2, 0.25) is 11.8 Å². The van der Waals surface area contributed by atoms with Crippen LogP contribution in [0.2, 0.25) is 5.02 Å². The molecule has 10 heteroatoms. The van der Waals surface area contributed by atoms with Crippen molar-refractivity contribution in [1.29, 1.82) is 0 Å². The summed E-state index contributed by atoms with van der Waals surface area (Å²) in [6.07, 6.45) is -2.96. The van der Waals surface area contributed by atoms with Crippen LogP contribution in [0.1, 0.15) is 38.5 Å². The van der Waals surface area contributed by atoms with Gasteiger partial charge in [0.25, 0.3) is 0 Å². The van der Waals surface area contributed by atoms with Crippen LogP contribution >= 0.6 is 11.6 Å². The molecule has 2 saturated carbocycles. The quantitative estimate of drug-likeness (QED) is 0.658. The number of hydrogen-bond donors (Lipinski definition) is 2. The minimum absolute atomic E-state index is 0.129. The van der Waals surface area contributed by atoms with E-state index < -0.39 is 12.5 Å². The molecule has 2 fully saturated rings. The number of nitrogens with zero attached hydrogens (tertiary/aromatic N) is 1. The number of benzene rings is 1. The molecule has 172 valence electrons. The first kappa shape index (κ1) is 22.8. The number of aromatic nitrogens is 1. The topological polar surface area (TPSA) is 80.3 Å². The van der Waals surface area contributed by atoms with Crippen molar-refractivity contribution in [3.05, 3.63) is 35.4 Å². The lowest BCUT2D eigenvalue weighted by Crippen LogP contribution is -2.51. The van der Waals surface area contributed by atoms with Gasteiger partial charge in [-0.15, -0.1) is 13.2 Å². The standard InChI is InChI=1S/C22H23ClF3N3O3/c23-15-6-7-18-14(9-15)5-8-19(28-18)29-21(31)13-3-1-12(2-4-13)20(30)27-16-10-17(11-16)32-22(24,25)26/h5-9,12-13,16-17H,1-4,10-11H2,(H,27,30)(H,28,29,31). The van der Waals surface area contributed by atoms with Crippen molar-refractivity contribution in [3.8, 4) is 0 Å². The zero-order chi connectivity index (χ0) is 22.9. The van der Waals surface area contributed by atoms with E-state index in [1.165, 1.54) is 0 Å². The summed E-state index contributed by atoms with van der Waals surface area (Å²) in [5.41, 5.74) is 0.728. The summed E-state index contributed by atoms with van der Waals surface area (Å²) in [6.45, 7) is 0. The summed E-state index contributed by atoms with van der Waals surface area (Å²) < 4.78 is 40.5. The van der Waals surface area contributed by atoms with Crippen molar-refractivity contribution in [1.82, 2.24) is 10.3 Å². The van der Waals surface area contributed by atoms with Crippen LogP contribution < -0.4 is 10.6 Å². The second kappa shape index (κ2) is 9.23. The summed E-state index contributed by atoms with van der Waals surface area (Å²) >= 11 is 5.97. The summed E-state index contributed by atoms with van der Waals surface area (Å²) in [5, 5.41) is 7.14. The molecule has 2 aliphatic carbocycles. The predicted molar refractivity (Wildman–Crippen MR) is 113 cm³/mol. The number of rotatable bonds is 5. The average molecular weight is 470 g/mol. The second-order valence-electron chi connectivity index (χ2n) is 8.43. The Labute approximate surface area is 187 Å². The van der Waals surface area contributed by atoms with Gasteiger partial charge < -0.3 is 10.6 Å². The Morgan fingerprint density at radius 2 is 1.66 bits per heavy atom. The summed E-state index contributed by atoms with van der Waals surface area (Å²) in [7, 11) is 0. The van der Waals surface area contributed by atoms with Crippen molar-refractivity contribution < 1.29 is 27.5 Å². The van der Waals surface area contributed by atoms with Crippen molar-refractivity contribution in [2.45, 2.75) is 57.0 Å². The molecule has 4 rings (SSSR count). The third kappa shape index (κ3) is 5.69. The van der Waals surface area contributed by atoms with Crippen LogP contribution in [0.15, 0.2) is 30.3 Å². The van der Waals surface area contributed by atoms with Gasteiger partial charge in [0.1, 0.15) is 5.82 Å². The molecule has 2 N–H and O–H groups in total. The van der Waals surface area contributed by atoms with Gasteiger partial charge in [0.15, 0.2) is 0 Å². The molecule has 0 bridgehead atoms. The molecule has 2 aliphatic rings. The maximum Gasteiger partial charge on any atom is 0.522 e. The van der Waals surface area contributed by atoms with Gasteiger partial charge in [-0.1, -0.05) is 11.6 Å². The van der Waals surface area contributed by atoms with E-state index in [4.69, 9.17) is 11.6 Å². The largest absolute Gasteiger partial charge is 0.522 e. The van der Waals surface area contributed by atoms with Crippen molar-refractivity contribution in [2.75, 3.05) is 5.32 Å². The van der Waals surface area contributed by atoms with E-state index in [2.05, 4.69) is 20.4 Å². The van der Waals surface area contributed by atoms with Gasteiger partial charge in [-0.3, -0.25) is 14.3 Å². The van der Waals surface area contributed by atoms with Crippen molar-refractivity contribution in [3.63, 3.8) is 0 Å². The molecular formula is C22H23ClF3N3O3. The third-order valence-corrected chi connectivity index (χ3v) is 6.35. The zero-order valence-electron chi connectivity index (χ0n) is 17.1. The minimum Gasteiger partial charge on any atom is -0.353 e. The monoisotopic (exact) mass is 469 g/mol. The fourth-order valence-electron chi connectivity index (χ4n) is 4.30. The number of ether oxygens (including phenoxy) is 1. The second-order valence-corrected chi connectivity index (χ2v) is 8.87. The molecule has 0 saturated heterocycles. The van der Waals surface area contributed by atoms with E-state index in [-0.39, 0.29) is 42.5 Å². The molecule has 32 heavy (non-hydrogen) atoms. The predicted octanol–water partition coefficient (Wildman–Crippen LogP) is 4.82. The summed E-state index contributed by atoms with van der Waals surface area (Å²) in [5.74, 6) is -0.268. The fraction of sp³-hybridized carbons (Fsp3) is 0.500. The number of fused-ring (bicyclic) bond motifs is 1. The maximum atomic E-state index is 12.6. The van der Waals surface area contributed by atoms with Gasteiger partial charge >= 0.3 is 6.36 Å². The highest BCUT2D eigenvalue weighted by atomic mass is 35.5. The van der Waals surface area contributed by atoms with Gasteiger partial charge in [-0.2, -0.15) is 0 Å². The van der Waals surface area contributed by atoms with E-state index in [9.17, 15) is 22.8 Å². The Hall–Kier alpha value is -2.39. The first-order valence-corrected chi connectivity index (χ1v) is 11.0. The number of carbonyl (C=O) groups excluding carboxylic acids is 2. The lowest BCUT2D eigenvalue weighted by molar-refractivity contribution is -0.351. The lowest BCUT2D eigenvalue weighted by atomic mass is 9.80. The molecule has 0 aliphatic heterocycles. The SMILES string of the molecule is O=C(Nc1ccc2cc(Cl)ccc2n1)C1CCC(C(=O)NC2CC(OC(F)(F)F)C2)CC1. The Morgan fingerprint density at radius 3 is 2.31 bits per heavy atom. The number of alkyl halides is 3. The van der Waals surface area contributed by atoms with E-state index in [0.29, 0.717) is 36.5 Å². The Kier molecular flexibility index (Phi) is 6.57. The average Bonchev–Trinajstić information content (AvgIpc) is 2.71. The van der Waals surface area contributed by atoms with Gasteiger partial charge in [-0.05, 0) is 68.9 Å². The molecule has 0 spiro atoms. The van der Waals surface area contributed by atoms with E-state index in [0.717, 1.165) is 10.9 Å². The zero-order valence-corrected chi connectivity index (χ0v) is 17.9. The molecule has 1 aromatic heterocycles. The van der Waals surface area contributed by atoms with E-state index >= 15 is 0 Å². The smallest absolute Gasteiger partial charge is 0.353 e. The molecule has 2 amide bonds. The van der Waals surface area contributed by atoms with E-state index in [1.807, 2.05) is 6.07 Å². The number of nitrogens with one attached hydrogen (secondary N) is 2. The lowest BCUT2D eigenvalue weighted by Gasteiger charge is -2.37. The normalized spacial score (nSPS) is 25.8. The summed E-state index contributed by atoms with van der Waals surface area (Å²) in [4.78, 5) is 29.5. The molecule has 1 heterocycles. The third-order valence-electron chi connectivity index (χ3n) is 6.11. The molecule has 0 radical (unpaired) electrons. The number of hydrogen-bond acceptors (Lipinski definition) is 4. The number of anilines is 1. The molecular weight excluding hydrogens is 447 g/mol. The molecule has 6 nitrogen and oxygen atoms in total. The Morgan fingerprint density at radius 1 is 1.00 bits per heavy atom. The molecule has 2 aromatic rings. The number of amides is 2. The molecule has 0 unspecified atom stereocenters. The summed E-state index contributed by atoms with van der Waals surface area (Å²) in [6, 6.07) is 8.61. The highest BCUT2D eigenvalue weighted by Gasteiger charge is 2.41. The van der Waals surface area contributed by atoms with Crippen LogP contribution in [0, 0.1) is 11.8 Å². The maximum absolute atomic E-state index is 12.6. The van der Waals surface area contributed by atoms with Crippen LogP contribution in [0.3, 0.4) is 0 Å². The fourth-order valence-corrected chi connectivity index (χ4v) is 4.48. The van der Waals surface area contributed by atoms with Crippen LogP contribution in [0.5, 0.6) is 0 Å². The number of halogens is 4. The van der Waals surface area contributed by atoms with Crippen molar-refractivity contribution >= 4 is 40.1 Å². The number of carbonyl (C=O) groups is 2. The van der Waals surface area contributed by atoms with E-state index in [1.54, 1.807) is 24.3 Å². The Bertz CT molecular complexity index is 1000. The first-order chi connectivity index (χ1) is 15.2. The van der Waals surface area contributed by atoms with Crippen molar-refractivity contribution in [2.24, 2.45) is 11.8 Å². The van der Waals surface area contributed by atoms with Gasteiger partial charge in [0.05, 0.1) is 11.6 Å². The highest BCUT2D eigenvalue weighted by Crippen LogP contribution is 2.33. The minimum atomic E-state index is -4.64. The highest BCUT2D eigenvalue weighted by molar-refractivity contribution is 6.31. The van der Waals surface area contributed by atoms with Gasteiger partial charge in [0, 0.05) is 28.3 Å². The first-order valence-electron chi connectivity index (χ1n) is 10.6. The molecule has 1 aromatic carbocycles.